The first-order chi connectivity index (χ1) is 8.65. The predicted molar refractivity (Wildman–Crippen MR) is 73.5 cm³/mol. The number of imidazole rings is 1. The van der Waals surface area contributed by atoms with Crippen LogP contribution < -0.4 is 11.3 Å². The Labute approximate surface area is 116 Å². The van der Waals surface area contributed by atoms with Crippen LogP contribution in [0.5, 0.6) is 0 Å². The molecule has 0 saturated carbocycles. The number of hydrogen-bond acceptors (Lipinski definition) is 3. The van der Waals surface area contributed by atoms with Crippen LogP contribution in [-0.4, -0.2) is 9.55 Å². The highest BCUT2D eigenvalue weighted by molar-refractivity contribution is 6.34. The topological polar surface area (TPSA) is 55.9 Å². The van der Waals surface area contributed by atoms with Gasteiger partial charge in [-0.15, -0.1) is 0 Å². The molecule has 18 heavy (non-hydrogen) atoms. The Bertz CT molecular complexity index is 518. The van der Waals surface area contributed by atoms with Gasteiger partial charge < -0.3 is 4.57 Å². The summed E-state index contributed by atoms with van der Waals surface area (Å²) in [5.41, 5.74) is 3.63. The maximum Gasteiger partial charge on any atom is 0.131 e. The smallest absolute Gasteiger partial charge is 0.131 e. The third-order valence-corrected chi connectivity index (χ3v) is 3.17. The lowest BCUT2D eigenvalue weighted by atomic mass is 10.1. The average Bonchev–Trinajstić information content (AvgIpc) is 2.77. The quantitative estimate of drug-likeness (QED) is 0.671. The Morgan fingerprint density at radius 2 is 2.00 bits per heavy atom. The van der Waals surface area contributed by atoms with Crippen LogP contribution in [-0.2, 0) is 6.54 Å². The molecule has 0 amide bonds. The van der Waals surface area contributed by atoms with Crippen LogP contribution in [0.3, 0.4) is 0 Å². The van der Waals surface area contributed by atoms with Gasteiger partial charge in [0.05, 0.1) is 0 Å². The Morgan fingerprint density at radius 3 is 2.56 bits per heavy atom. The molecular weight excluding hydrogens is 271 g/mol. The van der Waals surface area contributed by atoms with Gasteiger partial charge >= 0.3 is 0 Å². The second-order valence-corrected chi connectivity index (χ2v) is 4.75. The zero-order chi connectivity index (χ0) is 13.1. The van der Waals surface area contributed by atoms with E-state index >= 15 is 0 Å². The highest BCUT2D eigenvalue weighted by Gasteiger charge is 2.18. The standard InChI is InChI=1S/C12H14Cl2N4/c1-2-18-4-3-16-12(18)11(17-15)8-5-9(13)7-10(14)6-8/h3-7,11,17H,2,15H2,1H3. The van der Waals surface area contributed by atoms with Gasteiger partial charge in [-0.3, -0.25) is 5.84 Å². The van der Waals surface area contributed by atoms with Crippen LogP contribution in [0.4, 0.5) is 0 Å². The minimum absolute atomic E-state index is 0.240. The summed E-state index contributed by atoms with van der Waals surface area (Å²) < 4.78 is 2.01. The van der Waals surface area contributed by atoms with E-state index in [2.05, 4.69) is 10.4 Å². The van der Waals surface area contributed by atoms with Crippen LogP contribution in [0.25, 0.3) is 0 Å². The zero-order valence-electron chi connectivity index (χ0n) is 9.90. The van der Waals surface area contributed by atoms with Crippen molar-refractivity contribution in [2.24, 2.45) is 5.84 Å². The third kappa shape index (κ3) is 2.67. The fraction of sp³-hybridized carbons (Fsp3) is 0.250. The zero-order valence-corrected chi connectivity index (χ0v) is 11.4. The van der Waals surface area contributed by atoms with Gasteiger partial charge in [-0.2, -0.15) is 0 Å². The lowest BCUT2D eigenvalue weighted by molar-refractivity contribution is 0.561. The van der Waals surface area contributed by atoms with E-state index in [9.17, 15) is 0 Å². The number of halogens is 2. The summed E-state index contributed by atoms with van der Waals surface area (Å²) in [6.07, 6.45) is 3.65. The molecule has 1 aromatic heterocycles. The normalized spacial score (nSPS) is 12.7. The summed E-state index contributed by atoms with van der Waals surface area (Å²) >= 11 is 12.0. The molecule has 1 unspecified atom stereocenters. The van der Waals surface area contributed by atoms with Crippen molar-refractivity contribution < 1.29 is 0 Å². The molecule has 6 heteroatoms. The predicted octanol–water partition coefficient (Wildman–Crippen LogP) is 2.76. The summed E-state index contributed by atoms with van der Waals surface area (Å²) in [6.45, 7) is 2.87. The SMILES string of the molecule is CCn1ccnc1C(NN)c1cc(Cl)cc(Cl)c1. The van der Waals surface area contributed by atoms with Gasteiger partial charge in [-0.1, -0.05) is 23.2 Å². The summed E-state index contributed by atoms with van der Waals surface area (Å²) in [7, 11) is 0. The van der Waals surface area contributed by atoms with Crippen molar-refractivity contribution in [3.63, 3.8) is 0 Å². The molecule has 0 fully saturated rings. The fourth-order valence-electron chi connectivity index (χ4n) is 1.91. The molecule has 0 aliphatic carbocycles. The number of aromatic nitrogens is 2. The largest absolute Gasteiger partial charge is 0.334 e. The van der Waals surface area contributed by atoms with Gasteiger partial charge in [0.2, 0.25) is 0 Å². The molecule has 96 valence electrons. The van der Waals surface area contributed by atoms with Crippen molar-refractivity contribution in [2.45, 2.75) is 19.5 Å². The summed E-state index contributed by atoms with van der Waals surface area (Å²) in [4.78, 5) is 4.33. The van der Waals surface area contributed by atoms with E-state index in [1.165, 1.54) is 0 Å². The second kappa shape index (κ2) is 5.71. The first-order valence-electron chi connectivity index (χ1n) is 5.58. The van der Waals surface area contributed by atoms with Gasteiger partial charge in [0.1, 0.15) is 11.9 Å². The van der Waals surface area contributed by atoms with Crippen LogP contribution in [0, 0.1) is 0 Å². The highest BCUT2D eigenvalue weighted by atomic mass is 35.5. The van der Waals surface area contributed by atoms with Gasteiger partial charge in [0.25, 0.3) is 0 Å². The molecule has 0 aliphatic heterocycles. The van der Waals surface area contributed by atoms with Gasteiger partial charge in [-0.25, -0.2) is 10.4 Å². The molecule has 0 radical (unpaired) electrons. The number of benzene rings is 1. The number of nitrogens with zero attached hydrogens (tertiary/aromatic N) is 2. The molecule has 1 atom stereocenters. The van der Waals surface area contributed by atoms with Crippen molar-refractivity contribution in [2.75, 3.05) is 0 Å². The molecular formula is C12H14Cl2N4. The number of rotatable bonds is 4. The van der Waals surface area contributed by atoms with Crippen molar-refractivity contribution in [1.29, 1.82) is 0 Å². The lowest BCUT2D eigenvalue weighted by Crippen LogP contribution is -2.31. The van der Waals surface area contributed by atoms with E-state index in [0.717, 1.165) is 17.9 Å². The molecule has 0 saturated heterocycles. The molecule has 4 nitrogen and oxygen atoms in total. The lowest BCUT2D eigenvalue weighted by Gasteiger charge is -2.17. The van der Waals surface area contributed by atoms with Crippen LogP contribution in [0.2, 0.25) is 10.0 Å². The molecule has 0 bridgehead atoms. The maximum atomic E-state index is 6.01. The number of nitrogens with two attached hydrogens (primary N) is 1. The molecule has 1 aromatic carbocycles. The minimum Gasteiger partial charge on any atom is -0.334 e. The fourth-order valence-corrected chi connectivity index (χ4v) is 2.45. The van der Waals surface area contributed by atoms with Crippen LogP contribution in [0.1, 0.15) is 24.4 Å². The Hall–Kier alpha value is -1.07. The average molecular weight is 285 g/mol. The third-order valence-electron chi connectivity index (χ3n) is 2.73. The van der Waals surface area contributed by atoms with Crippen LogP contribution in [0.15, 0.2) is 30.6 Å². The van der Waals surface area contributed by atoms with Gasteiger partial charge in [-0.05, 0) is 30.7 Å². The van der Waals surface area contributed by atoms with Crippen molar-refractivity contribution >= 4 is 23.2 Å². The van der Waals surface area contributed by atoms with E-state index in [4.69, 9.17) is 29.0 Å². The number of nitrogens with one attached hydrogen (secondary N) is 1. The first-order valence-corrected chi connectivity index (χ1v) is 6.34. The monoisotopic (exact) mass is 284 g/mol. The number of hydrazine groups is 1. The highest BCUT2D eigenvalue weighted by Crippen LogP contribution is 2.26. The summed E-state index contributed by atoms with van der Waals surface area (Å²) in [5.74, 6) is 6.46. The summed E-state index contributed by atoms with van der Waals surface area (Å²) in [6, 6.07) is 5.10. The van der Waals surface area contributed by atoms with Gasteiger partial charge in [0.15, 0.2) is 0 Å². The Morgan fingerprint density at radius 1 is 1.33 bits per heavy atom. The van der Waals surface area contributed by atoms with E-state index in [1.807, 2.05) is 29.8 Å². The van der Waals surface area contributed by atoms with Crippen molar-refractivity contribution in [3.05, 3.63) is 52.0 Å². The Balaban J connectivity index is 2.45. The summed E-state index contributed by atoms with van der Waals surface area (Å²) in [5, 5.41) is 1.15. The van der Waals surface area contributed by atoms with E-state index in [-0.39, 0.29) is 6.04 Å². The molecule has 2 rings (SSSR count). The van der Waals surface area contributed by atoms with E-state index in [0.29, 0.717) is 10.0 Å². The van der Waals surface area contributed by atoms with Crippen molar-refractivity contribution in [3.8, 4) is 0 Å². The first kappa shape index (κ1) is 13.4. The second-order valence-electron chi connectivity index (χ2n) is 3.87. The molecule has 2 aromatic rings. The molecule has 1 heterocycles. The number of hydrogen-bond donors (Lipinski definition) is 2. The molecule has 0 spiro atoms. The van der Waals surface area contributed by atoms with Crippen LogP contribution >= 0.6 is 23.2 Å². The number of aryl methyl sites for hydroxylation is 1. The van der Waals surface area contributed by atoms with Gasteiger partial charge in [0, 0.05) is 29.0 Å². The van der Waals surface area contributed by atoms with Crippen molar-refractivity contribution in [1.82, 2.24) is 15.0 Å². The molecule has 3 N–H and O–H groups in total. The molecule has 0 aliphatic rings. The Kier molecular flexibility index (Phi) is 4.24. The van der Waals surface area contributed by atoms with E-state index < -0.39 is 0 Å². The van der Waals surface area contributed by atoms with E-state index in [1.54, 1.807) is 12.3 Å². The maximum absolute atomic E-state index is 6.01. The minimum atomic E-state index is -0.240.